The Bertz CT molecular complexity index is 404. The van der Waals surface area contributed by atoms with Gasteiger partial charge in [0.1, 0.15) is 0 Å². The van der Waals surface area contributed by atoms with Gasteiger partial charge in [-0.05, 0) is 44.8 Å². The molecule has 0 unspecified atom stereocenters. The molecular formula is C16H23NO2. The summed E-state index contributed by atoms with van der Waals surface area (Å²) < 4.78 is 0. The van der Waals surface area contributed by atoms with Gasteiger partial charge in [0.05, 0.1) is 0 Å². The molecule has 0 radical (unpaired) electrons. The van der Waals surface area contributed by atoms with Gasteiger partial charge in [0.25, 0.3) is 0 Å². The Morgan fingerprint density at radius 3 is 2.74 bits per heavy atom. The summed E-state index contributed by atoms with van der Waals surface area (Å²) in [4.78, 5) is 13.0. The standard InChI is InChI=1S/C16H23NO2/c1-13-15(14-7-3-2-4-8-14)10-12-17(13)11-6-5-9-16(18)19/h2-4,7-8,13,15H,5-6,9-12H2,1H3,(H,18,19)/t13-,15+/m1/s1. The molecule has 1 aliphatic heterocycles. The molecule has 3 heteroatoms. The number of nitrogens with zero attached hydrogens (tertiary/aromatic N) is 1. The van der Waals surface area contributed by atoms with Crippen LogP contribution in [0.5, 0.6) is 0 Å². The van der Waals surface area contributed by atoms with Gasteiger partial charge in [0, 0.05) is 18.4 Å². The first-order chi connectivity index (χ1) is 9.18. The van der Waals surface area contributed by atoms with Crippen LogP contribution in [0.25, 0.3) is 0 Å². The zero-order valence-electron chi connectivity index (χ0n) is 11.6. The van der Waals surface area contributed by atoms with Crippen molar-refractivity contribution in [2.45, 2.75) is 44.6 Å². The molecule has 0 saturated carbocycles. The van der Waals surface area contributed by atoms with Crippen molar-refractivity contribution >= 4 is 5.97 Å². The highest BCUT2D eigenvalue weighted by molar-refractivity contribution is 5.66. The molecule has 1 aromatic rings. The zero-order valence-corrected chi connectivity index (χ0v) is 11.6. The minimum absolute atomic E-state index is 0.296. The lowest BCUT2D eigenvalue weighted by atomic mass is 9.93. The highest BCUT2D eigenvalue weighted by Crippen LogP contribution is 2.33. The Labute approximate surface area is 115 Å². The summed E-state index contributed by atoms with van der Waals surface area (Å²) in [7, 11) is 0. The van der Waals surface area contributed by atoms with Crippen molar-refractivity contribution in [3.63, 3.8) is 0 Å². The fraction of sp³-hybridized carbons (Fsp3) is 0.562. The summed E-state index contributed by atoms with van der Waals surface area (Å²) >= 11 is 0. The lowest BCUT2D eigenvalue weighted by Gasteiger charge is -2.24. The van der Waals surface area contributed by atoms with E-state index in [1.165, 1.54) is 12.0 Å². The molecule has 0 aromatic heterocycles. The lowest BCUT2D eigenvalue weighted by molar-refractivity contribution is -0.137. The van der Waals surface area contributed by atoms with E-state index >= 15 is 0 Å². The van der Waals surface area contributed by atoms with Gasteiger partial charge in [0.15, 0.2) is 0 Å². The first-order valence-corrected chi connectivity index (χ1v) is 7.19. The molecule has 1 heterocycles. The van der Waals surface area contributed by atoms with Crippen LogP contribution in [0.2, 0.25) is 0 Å². The number of hydrogen-bond acceptors (Lipinski definition) is 2. The van der Waals surface area contributed by atoms with Crippen LogP contribution in [0.3, 0.4) is 0 Å². The van der Waals surface area contributed by atoms with Crippen molar-refractivity contribution in [2.24, 2.45) is 0 Å². The van der Waals surface area contributed by atoms with Gasteiger partial charge in [0.2, 0.25) is 0 Å². The molecule has 1 fully saturated rings. The predicted molar refractivity (Wildman–Crippen MR) is 76.3 cm³/mol. The third kappa shape index (κ3) is 3.80. The average Bonchev–Trinajstić information content (AvgIpc) is 2.77. The first kappa shape index (κ1) is 14.1. The minimum Gasteiger partial charge on any atom is -0.481 e. The first-order valence-electron chi connectivity index (χ1n) is 7.19. The summed E-state index contributed by atoms with van der Waals surface area (Å²) in [6, 6.07) is 11.3. The molecule has 104 valence electrons. The molecule has 0 bridgehead atoms. The van der Waals surface area contributed by atoms with Crippen molar-refractivity contribution in [3.05, 3.63) is 35.9 Å². The van der Waals surface area contributed by atoms with Crippen LogP contribution in [0.1, 0.15) is 44.1 Å². The van der Waals surface area contributed by atoms with E-state index < -0.39 is 5.97 Å². The second-order valence-corrected chi connectivity index (χ2v) is 5.43. The van der Waals surface area contributed by atoms with Crippen molar-refractivity contribution in [1.29, 1.82) is 0 Å². The predicted octanol–water partition coefficient (Wildman–Crippen LogP) is 3.12. The van der Waals surface area contributed by atoms with Crippen LogP contribution in [0, 0.1) is 0 Å². The van der Waals surface area contributed by atoms with Crippen molar-refractivity contribution < 1.29 is 9.90 Å². The van der Waals surface area contributed by atoms with Crippen molar-refractivity contribution in [1.82, 2.24) is 4.90 Å². The smallest absolute Gasteiger partial charge is 0.303 e. The van der Waals surface area contributed by atoms with Crippen LogP contribution in [0.15, 0.2) is 30.3 Å². The third-order valence-electron chi connectivity index (χ3n) is 4.20. The van der Waals surface area contributed by atoms with E-state index in [0.717, 1.165) is 25.9 Å². The summed E-state index contributed by atoms with van der Waals surface area (Å²) in [5, 5.41) is 8.63. The number of unbranched alkanes of at least 4 members (excludes halogenated alkanes) is 1. The molecule has 1 aromatic carbocycles. The Balaban J connectivity index is 1.81. The summed E-state index contributed by atoms with van der Waals surface area (Å²) in [6.45, 7) is 4.45. The molecule has 0 spiro atoms. The maximum absolute atomic E-state index is 10.5. The quantitative estimate of drug-likeness (QED) is 0.800. The van der Waals surface area contributed by atoms with E-state index in [9.17, 15) is 4.79 Å². The number of carboxylic acid groups (broad SMARTS) is 1. The highest BCUT2D eigenvalue weighted by atomic mass is 16.4. The van der Waals surface area contributed by atoms with Crippen molar-refractivity contribution in [2.75, 3.05) is 13.1 Å². The highest BCUT2D eigenvalue weighted by Gasteiger charge is 2.30. The number of hydrogen-bond donors (Lipinski definition) is 1. The second kappa shape index (κ2) is 6.71. The molecule has 1 saturated heterocycles. The molecule has 1 aliphatic rings. The summed E-state index contributed by atoms with van der Waals surface area (Å²) in [6.07, 6.45) is 3.28. The van der Waals surface area contributed by atoms with Crippen LogP contribution in [-0.2, 0) is 4.79 Å². The molecule has 0 aliphatic carbocycles. The number of rotatable bonds is 6. The molecular weight excluding hydrogens is 238 g/mol. The van der Waals surface area contributed by atoms with Crippen LogP contribution in [0.4, 0.5) is 0 Å². The largest absolute Gasteiger partial charge is 0.481 e. The van der Waals surface area contributed by atoms with E-state index in [2.05, 4.69) is 42.2 Å². The fourth-order valence-electron chi connectivity index (χ4n) is 3.06. The van der Waals surface area contributed by atoms with Gasteiger partial charge < -0.3 is 10.0 Å². The number of benzene rings is 1. The average molecular weight is 261 g/mol. The van der Waals surface area contributed by atoms with Gasteiger partial charge in [-0.1, -0.05) is 30.3 Å². The SMILES string of the molecule is C[C@@H]1[C@@H](c2ccccc2)CCN1CCCCC(=O)O. The summed E-state index contributed by atoms with van der Waals surface area (Å²) in [5.74, 6) is -0.0580. The van der Waals surface area contributed by atoms with Gasteiger partial charge in [-0.25, -0.2) is 0 Å². The van der Waals surface area contributed by atoms with E-state index in [1.807, 2.05) is 0 Å². The van der Waals surface area contributed by atoms with Crippen LogP contribution in [-0.4, -0.2) is 35.1 Å². The lowest BCUT2D eigenvalue weighted by Crippen LogP contribution is -2.30. The molecule has 1 N–H and O–H groups in total. The van der Waals surface area contributed by atoms with E-state index in [-0.39, 0.29) is 0 Å². The van der Waals surface area contributed by atoms with E-state index in [4.69, 9.17) is 5.11 Å². The Hall–Kier alpha value is -1.35. The van der Waals surface area contributed by atoms with Crippen LogP contribution < -0.4 is 0 Å². The molecule has 2 atom stereocenters. The zero-order chi connectivity index (χ0) is 13.7. The number of aliphatic carboxylic acids is 1. The number of carboxylic acids is 1. The number of likely N-dealkylation sites (tertiary alicyclic amines) is 1. The maximum Gasteiger partial charge on any atom is 0.303 e. The van der Waals surface area contributed by atoms with E-state index in [0.29, 0.717) is 18.4 Å². The fourth-order valence-corrected chi connectivity index (χ4v) is 3.06. The van der Waals surface area contributed by atoms with Gasteiger partial charge >= 0.3 is 5.97 Å². The molecule has 3 nitrogen and oxygen atoms in total. The summed E-state index contributed by atoms with van der Waals surface area (Å²) in [5.41, 5.74) is 1.43. The Kier molecular flexibility index (Phi) is 4.97. The molecule has 2 rings (SSSR count). The van der Waals surface area contributed by atoms with Crippen LogP contribution >= 0.6 is 0 Å². The topological polar surface area (TPSA) is 40.5 Å². The van der Waals surface area contributed by atoms with Crippen molar-refractivity contribution in [3.8, 4) is 0 Å². The van der Waals surface area contributed by atoms with Gasteiger partial charge in [-0.2, -0.15) is 0 Å². The van der Waals surface area contributed by atoms with E-state index in [1.54, 1.807) is 0 Å². The van der Waals surface area contributed by atoms with Gasteiger partial charge in [-0.3, -0.25) is 4.79 Å². The normalized spacial score (nSPS) is 23.6. The Morgan fingerprint density at radius 1 is 1.32 bits per heavy atom. The molecule has 0 amide bonds. The second-order valence-electron chi connectivity index (χ2n) is 5.43. The molecule has 19 heavy (non-hydrogen) atoms. The number of carbonyl (C=O) groups is 1. The monoisotopic (exact) mass is 261 g/mol. The third-order valence-corrected chi connectivity index (χ3v) is 4.20. The minimum atomic E-state index is -0.684. The maximum atomic E-state index is 10.5. The van der Waals surface area contributed by atoms with Gasteiger partial charge in [-0.15, -0.1) is 0 Å². The Morgan fingerprint density at radius 2 is 2.05 bits per heavy atom.